The molecule has 0 bridgehead atoms. The summed E-state index contributed by atoms with van der Waals surface area (Å²) in [4.78, 5) is 15.8. The lowest BCUT2D eigenvalue weighted by Crippen LogP contribution is -2.23. The Morgan fingerprint density at radius 3 is 2.72 bits per heavy atom. The first kappa shape index (κ1) is 12.8. The van der Waals surface area contributed by atoms with Crippen LogP contribution in [0.25, 0.3) is 0 Å². The van der Waals surface area contributed by atoms with E-state index in [9.17, 15) is 4.79 Å². The van der Waals surface area contributed by atoms with Crippen LogP contribution in [0.15, 0.2) is 48.7 Å². The highest BCUT2D eigenvalue weighted by Gasteiger charge is 2.05. The van der Waals surface area contributed by atoms with Gasteiger partial charge in [0.1, 0.15) is 5.69 Å². The Morgan fingerprint density at radius 1 is 1.17 bits per heavy atom. The van der Waals surface area contributed by atoms with Gasteiger partial charge in [0, 0.05) is 18.1 Å². The number of rotatable bonds is 4. The molecule has 0 aliphatic heterocycles. The van der Waals surface area contributed by atoms with Crippen LogP contribution in [-0.2, 0) is 11.9 Å². The first-order chi connectivity index (χ1) is 8.79. The summed E-state index contributed by atoms with van der Waals surface area (Å²) >= 11 is 3.41. The summed E-state index contributed by atoms with van der Waals surface area (Å²) in [5.74, 6) is -0.153. The highest BCUT2D eigenvalue weighted by Crippen LogP contribution is 2.08. The summed E-state index contributed by atoms with van der Waals surface area (Å²) in [5, 5.41) is 3.66. The van der Waals surface area contributed by atoms with E-state index in [1.165, 1.54) is 5.56 Å². The number of aromatic nitrogens is 1. The molecule has 0 saturated carbocycles. The van der Waals surface area contributed by atoms with Gasteiger partial charge in [-0.25, -0.2) is 0 Å². The molecule has 3 nitrogen and oxygen atoms in total. The van der Waals surface area contributed by atoms with Gasteiger partial charge in [0.15, 0.2) is 0 Å². The number of alkyl halides is 1. The molecule has 18 heavy (non-hydrogen) atoms. The summed E-state index contributed by atoms with van der Waals surface area (Å²) in [6.45, 7) is 0.510. The van der Waals surface area contributed by atoms with Gasteiger partial charge in [-0.1, -0.05) is 46.3 Å². The van der Waals surface area contributed by atoms with Gasteiger partial charge in [0.25, 0.3) is 5.91 Å². The lowest BCUT2D eigenvalue weighted by molar-refractivity contribution is 0.0946. The SMILES string of the molecule is O=C(NCc1cccc(CBr)c1)c1ccccn1. The van der Waals surface area contributed by atoms with E-state index in [-0.39, 0.29) is 5.91 Å². The van der Waals surface area contributed by atoms with Gasteiger partial charge >= 0.3 is 0 Å². The summed E-state index contributed by atoms with van der Waals surface area (Å²) in [7, 11) is 0. The molecule has 0 radical (unpaired) electrons. The second-order valence-corrected chi connectivity index (χ2v) is 4.41. The Kier molecular flexibility index (Phi) is 4.47. The molecule has 4 heteroatoms. The van der Waals surface area contributed by atoms with Crippen molar-refractivity contribution in [2.75, 3.05) is 0 Å². The summed E-state index contributed by atoms with van der Waals surface area (Å²) in [6.07, 6.45) is 1.61. The fourth-order valence-electron chi connectivity index (χ4n) is 1.59. The predicted octanol–water partition coefficient (Wildman–Crippen LogP) is 2.91. The third kappa shape index (κ3) is 3.40. The van der Waals surface area contributed by atoms with E-state index in [0.717, 1.165) is 10.9 Å². The average molecular weight is 305 g/mol. The van der Waals surface area contributed by atoms with E-state index < -0.39 is 0 Å². The van der Waals surface area contributed by atoms with Crippen LogP contribution >= 0.6 is 15.9 Å². The Labute approximate surface area is 114 Å². The van der Waals surface area contributed by atoms with Gasteiger partial charge in [0.2, 0.25) is 0 Å². The van der Waals surface area contributed by atoms with E-state index in [1.54, 1.807) is 24.4 Å². The lowest BCUT2D eigenvalue weighted by atomic mass is 10.1. The molecule has 0 aliphatic carbocycles. The molecule has 2 aromatic rings. The Balaban J connectivity index is 1.97. The molecule has 1 aromatic carbocycles. The van der Waals surface area contributed by atoms with E-state index in [4.69, 9.17) is 0 Å². The lowest BCUT2D eigenvalue weighted by Gasteiger charge is -2.05. The molecule has 1 amide bonds. The minimum Gasteiger partial charge on any atom is -0.347 e. The molecule has 0 fully saturated rings. The summed E-state index contributed by atoms with van der Waals surface area (Å²) in [6, 6.07) is 13.4. The number of nitrogens with zero attached hydrogens (tertiary/aromatic N) is 1. The molecule has 1 aromatic heterocycles. The molecule has 92 valence electrons. The topological polar surface area (TPSA) is 42.0 Å². The zero-order valence-electron chi connectivity index (χ0n) is 9.77. The average Bonchev–Trinajstić information content (AvgIpc) is 2.46. The Bertz CT molecular complexity index is 528. The van der Waals surface area contributed by atoms with Crippen molar-refractivity contribution in [2.24, 2.45) is 0 Å². The van der Waals surface area contributed by atoms with Crippen molar-refractivity contribution >= 4 is 21.8 Å². The van der Waals surface area contributed by atoms with Crippen LogP contribution in [-0.4, -0.2) is 10.9 Å². The van der Waals surface area contributed by atoms with Crippen molar-refractivity contribution in [2.45, 2.75) is 11.9 Å². The quantitative estimate of drug-likeness (QED) is 0.883. The first-order valence-electron chi connectivity index (χ1n) is 5.62. The van der Waals surface area contributed by atoms with E-state index in [0.29, 0.717) is 12.2 Å². The van der Waals surface area contributed by atoms with E-state index >= 15 is 0 Å². The Hall–Kier alpha value is -1.68. The van der Waals surface area contributed by atoms with Crippen LogP contribution in [0.2, 0.25) is 0 Å². The fraction of sp³-hybridized carbons (Fsp3) is 0.143. The molecule has 1 N–H and O–H groups in total. The predicted molar refractivity (Wildman–Crippen MR) is 74.5 cm³/mol. The van der Waals surface area contributed by atoms with Gasteiger partial charge in [0.05, 0.1) is 0 Å². The van der Waals surface area contributed by atoms with Crippen molar-refractivity contribution in [3.63, 3.8) is 0 Å². The number of carbonyl (C=O) groups excluding carboxylic acids is 1. The van der Waals surface area contributed by atoms with Crippen molar-refractivity contribution in [1.29, 1.82) is 0 Å². The molecule has 2 rings (SSSR count). The maximum atomic E-state index is 11.8. The Morgan fingerprint density at radius 2 is 2.00 bits per heavy atom. The first-order valence-corrected chi connectivity index (χ1v) is 6.75. The van der Waals surface area contributed by atoms with Crippen LogP contribution in [0.4, 0.5) is 0 Å². The van der Waals surface area contributed by atoms with Crippen LogP contribution in [0.3, 0.4) is 0 Å². The molecule has 0 atom stereocenters. The van der Waals surface area contributed by atoms with Crippen molar-refractivity contribution < 1.29 is 4.79 Å². The van der Waals surface area contributed by atoms with E-state index in [1.807, 2.05) is 18.2 Å². The molecule has 0 saturated heterocycles. The summed E-state index contributed by atoms with van der Waals surface area (Å²) < 4.78 is 0. The highest BCUT2D eigenvalue weighted by molar-refractivity contribution is 9.08. The van der Waals surface area contributed by atoms with Crippen LogP contribution in [0.1, 0.15) is 21.6 Å². The maximum absolute atomic E-state index is 11.8. The molecular weight excluding hydrogens is 292 g/mol. The van der Waals surface area contributed by atoms with Crippen LogP contribution < -0.4 is 5.32 Å². The van der Waals surface area contributed by atoms with Crippen molar-refractivity contribution in [3.05, 3.63) is 65.5 Å². The number of carbonyl (C=O) groups is 1. The molecule has 1 heterocycles. The number of pyridine rings is 1. The van der Waals surface area contributed by atoms with E-state index in [2.05, 4.69) is 32.3 Å². The second-order valence-electron chi connectivity index (χ2n) is 3.85. The second kappa shape index (κ2) is 6.31. The zero-order valence-corrected chi connectivity index (χ0v) is 11.4. The van der Waals surface area contributed by atoms with Crippen molar-refractivity contribution in [1.82, 2.24) is 10.3 Å². The smallest absolute Gasteiger partial charge is 0.270 e. The highest BCUT2D eigenvalue weighted by atomic mass is 79.9. The zero-order chi connectivity index (χ0) is 12.8. The van der Waals surface area contributed by atoms with Crippen LogP contribution in [0.5, 0.6) is 0 Å². The standard InChI is InChI=1S/C14H13BrN2O/c15-9-11-4-3-5-12(8-11)10-17-14(18)13-6-1-2-7-16-13/h1-8H,9-10H2,(H,17,18). The molecule has 0 unspecified atom stereocenters. The third-order valence-electron chi connectivity index (χ3n) is 2.50. The van der Waals surface area contributed by atoms with Gasteiger partial charge < -0.3 is 5.32 Å². The third-order valence-corrected chi connectivity index (χ3v) is 3.14. The molecule has 0 spiro atoms. The number of hydrogen-bond acceptors (Lipinski definition) is 2. The normalized spacial score (nSPS) is 10.1. The summed E-state index contributed by atoms with van der Waals surface area (Å²) in [5.41, 5.74) is 2.71. The van der Waals surface area contributed by atoms with Gasteiger partial charge in [-0.15, -0.1) is 0 Å². The number of halogens is 1. The number of benzene rings is 1. The number of amides is 1. The van der Waals surface area contributed by atoms with Gasteiger partial charge in [-0.05, 0) is 23.3 Å². The van der Waals surface area contributed by atoms with Gasteiger partial charge in [-0.2, -0.15) is 0 Å². The van der Waals surface area contributed by atoms with Gasteiger partial charge in [-0.3, -0.25) is 9.78 Å². The minimum absolute atomic E-state index is 0.153. The molecule has 0 aliphatic rings. The fourth-order valence-corrected chi connectivity index (χ4v) is 1.94. The number of nitrogens with one attached hydrogen (secondary N) is 1. The largest absolute Gasteiger partial charge is 0.347 e. The number of hydrogen-bond donors (Lipinski definition) is 1. The van der Waals surface area contributed by atoms with Crippen molar-refractivity contribution in [3.8, 4) is 0 Å². The maximum Gasteiger partial charge on any atom is 0.270 e. The molecular formula is C14H13BrN2O. The van der Waals surface area contributed by atoms with Crippen LogP contribution in [0, 0.1) is 0 Å². The monoisotopic (exact) mass is 304 g/mol. The minimum atomic E-state index is -0.153.